The summed E-state index contributed by atoms with van der Waals surface area (Å²) in [6.07, 6.45) is 0.606. The van der Waals surface area contributed by atoms with Gasteiger partial charge in [-0.15, -0.1) is 23.1 Å². The predicted molar refractivity (Wildman–Crippen MR) is 149 cm³/mol. The highest BCUT2D eigenvalue weighted by Crippen LogP contribution is 2.36. The molecule has 0 saturated carbocycles. The van der Waals surface area contributed by atoms with Crippen LogP contribution in [0.3, 0.4) is 0 Å². The summed E-state index contributed by atoms with van der Waals surface area (Å²) in [5.74, 6) is -0.328. The number of benzene rings is 3. The van der Waals surface area contributed by atoms with Gasteiger partial charge in [0.25, 0.3) is 5.91 Å². The van der Waals surface area contributed by atoms with Gasteiger partial charge in [-0.25, -0.2) is 0 Å². The minimum atomic E-state index is -0.360. The summed E-state index contributed by atoms with van der Waals surface area (Å²) >= 11 is 2.79. The number of amides is 2. The molecule has 4 aromatic rings. The van der Waals surface area contributed by atoms with Crippen molar-refractivity contribution in [3.05, 3.63) is 101 Å². The first-order chi connectivity index (χ1) is 17.5. The number of thiophene rings is 1. The number of nitriles is 1. The Kier molecular flexibility index (Phi) is 8.21. The molecule has 0 spiro atoms. The van der Waals surface area contributed by atoms with Gasteiger partial charge < -0.3 is 10.6 Å². The summed E-state index contributed by atoms with van der Waals surface area (Å²) in [4.78, 5) is 26.7. The van der Waals surface area contributed by atoms with E-state index >= 15 is 0 Å². The summed E-state index contributed by atoms with van der Waals surface area (Å²) in [7, 11) is 0. The van der Waals surface area contributed by atoms with Gasteiger partial charge in [0.2, 0.25) is 5.91 Å². The molecule has 5 nitrogen and oxygen atoms in total. The molecule has 1 unspecified atom stereocenters. The van der Waals surface area contributed by atoms with E-state index in [1.807, 2.05) is 92.0 Å². The van der Waals surface area contributed by atoms with E-state index in [0.717, 1.165) is 21.6 Å². The third-order valence-corrected chi connectivity index (χ3v) is 7.90. The molecule has 1 heterocycles. The molecule has 7 heteroatoms. The van der Waals surface area contributed by atoms with Crippen LogP contribution in [0.25, 0.3) is 11.1 Å². The van der Waals surface area contributed by atoms with E-state index in [-0.39, 0.29) is 17.1 Å². The molecule has 180 valence electrons. The van der Waals surface area contributed by atoms with Crippen molar-refractivity contribution < 1.29 is 9.59 Å². The van der Waals surface area contributed by atoms with E-state index in [9.17, 15) is 14.9 Å². The number of aryl methyl sites for hydroxylation is 1. The highest BCUT2D eigenvalue weighted by molar-refractivity contribution is 8.00. The maximum Gasteiger partial charge on any atom is 0.255 e. The summed E-state index contributed by atoms with van der Waals surface area (Å²) in [6, 6.07) is 26.8. The number of thioether (sulfide) groups is 1. The molecule has 0 bridgehead atoms. The number of rotatable bonds is 8. The first-order valence-corrected chi connectivity index (χ1v) is 13.3. The topological polar surface area (TPSA) is 82.0 Å². The van der Waals surface area contributed by atoms with E-state index < -0.39 is 0 Å². The molecule has 36 heavy (non-hydrogen) atoms. The van der Waals surface area contributed by atoms with Crippen LogP contribution >= 0.6 is 23.1 Å². The quantitative estimate of drug-likeness (QED) is 0.242. The van der Waals surface area contributed by atoms with Crippen molar-refractivity contribution in [2.75, 3.05) is 10.6 Å². The van der Waals surface area contributed by atoms with Crippen molar-refractivity contribution in [2.45, 2.75) is 30.4 Å². The molecular formula is C29H25N3O2S2. The summed E-state index contributed by atoms with van der Waals surface area (Å²) < 4.78 is 0. The van der Waals surface area contributed by atoms with Crippen molar-refractivity contribution in [2.24, 2.45) is 0 Å². The molecule has 0 aliphatic rings. The second-order valence-electron chi connectivity index (χ2n) is 8.13. The molecule has 2 N–H and O–H groups in total. The fourth-order valence-electron chi connectivity index (χ4n) is 3.74. The van der Waals surface area contributed by atoms with E-state index in [1.54, 1.807) is 6.07 Å². The minimum absolute atomic E-state index is 0.158. The van der Waals surface area contributed by atoms with E-state index in [2.05, 4.69) is 16.7 Å². The maximum atomic E-state index is 13.1. The predicted octanol–water partition coefficient (Wildman–Crippen LogP) is 7.36. The Morgan fingerprint density at radius 1 is 1.00 bits per heavy atom. The van der Waals surface area contributed by atoms with Crippen LogP contribution in [-0.4, -0.2) is 17.1 Å². The average molecular weight is 512 g/mol. The van der Waals surface area contributed by atoms with Gasteiger partial charge in [0.15, 0.2) is 0 Å². The van der Waals surface area contributed by atoms with E-state index in [1.165, 1.54) is 23.1 Å². The van der Waals surface area contributed by atoms with Crippen molar-refractivity contribution in [1.29, 1.82) is 5.26 Å². The van der Waals surface area contributed by atoms with Gasteiger partial charge >= 0.3 is 0 Å². The molecule has 0 radical (unpaired) electrons. The van der Waals surface area contributed by atoms with Crippen molar-refractivity contribution in [3.63, 3.8) is 0 Å². The lowest BCUT2D eigenvalue weighted by Crippen LogP contribution is -2.24. The van der Waals surface area contributed by atoms with E-state index in [4.69, 9.17) is 0 Å². The lowest BCUT2D eigenvalue weighted by molar-refractivity contribution is -0.115. The molecule has 0 saturated heterocycles. The highest BCUT2D eigenvalue weighted by Gasteiger charge is 2.22. The van der Waals surface area contributed by atoms with Gasteiger partial charge in [0, 0.05) is 27.1 Å². The zero-order valence-electron chi connectivity index (χ0n) is 19.9. The summed E-state index contributed by atoms with van der Waals surface area (Å²) in [5.41, 5.74) is 4.43. The van der Waals surface area contributed by atoms with Crippen LogP contribution in [0.2, 0.25) is 0 Å². The summed E-state index contributed by atoms with van der Waals surface area (Å²) in [5, 5.41) is 17.8. The van der Waals surface area contributed by atoms with Gasteiger partial charge in [-0.3, -0.25) is 9.59 Å². The van der Waals surface area contributed by atoms with E-state index in [0.29, 0.717) is 28.2 Å². The van der Waals surface area contributed by atoms with Crippen LogP contribution in [0.5, 0.6) is 0 Å². The smallest absolute Gasteiger partial charge is 0.255 e. The number of hydrogen-bond acceptors (Lipinski definition) is 5. The Labute approximate surface area is 219 Å². The first-order valence-electron chi connectivity index (χ1n) is 11.5. The molecule has 3 aromatic carbocycles. The van der Waals surface area contributed by atoms with Crippen molar-refractivity contribution in [1.82, 2.24) is 0 Å². The van der Waals surface area contributed by atoms with Crippen LogP contribution in [0.4, 0.5) is 10.7 Å². The number of nitrogens with zero attached hydrogens (tertiary/aromatic N) is 1. The van der Waals surface area contributed by atoms with Crippen LogP contribution in [0.15, 0.2) is 89.1 Å². The Balaban J connectivity index is 1.46. The molecule has 0 fully saturated rings. The Bertz CT molecular complexity index is 1420. The van der Waals surface area contributed by atoms with Crippen LogP contribution < -0.4 is 10.6 Å². The number of hydrogen-bond donors (Lipinski definition) is 2. The summed E-state index contributed by atoms with van der Waals surface area (Å²) in [6.45, 7) is 3.86. The van der Waals surface area contributed by atoms with Gasteiger partial charge in [-0.2, -0.15) is 5.26 Å². The molecule has 1 atom stereocenters. The standard InChI is InChI=1S/C29H25N3O2S2/c1-3-26(28(34)32-29-24(17-30)25(18-35-29)20-11-5-4-6-12-20)36-22-14-9-13-21(16-22)31-27(33)23-15-8-7-10-19(23)2/h4-16,18,26H,3H2,1-2H3,(H,31,33)(H,32,34). The number of anilines is 2. The number of carbonyl (C=O) groups is 2. The lowest BCUT2D eigenvalue weighted by atomic mass is 10.1. The van der Waals surface area contributed by atoms with Crippen LogP contribution in [-0.2, 0) is 4.79 Å². The molecule has 4 rings (SSSR count). The van der Waals surface area contributed by atoms with Gasteiger partial charge in [0.1, 0.15) is 11.1 Å². The van der Waals surface area contributed by atoms with Gasteiger partial charge in [-0.1, -0.05) is 61.5 Å². The molecule has 2 amide bonds. The number of carbonyl (C=O) groups excluding carboxylic acids is 2. The van der Waals surface area contributed by atoms with Gasteiger partial charge in [-0.05, 0) is 48.7 Å². The average Bonchev–Trinajstić information content (AvgIpc) is 3.30. The highest BCUT2D eigenvalue weighted by atomic mass is 32.2. The largest absolute Gasteiger partial charge is 0.322 e. The Morgan fingerprint density at radius 3 is 2.47 bits per heavy atom. The van der Waals surface area contributed by atoms with Crippen molar-refractivity contribution in [3.8, 4) is 17.2 Å². The monoisotopic (exact) mass is 511 g/mol. The maximum absolute atomic E-state index is 13.1. The zero-order valence-corrected chi connectivity index (χ0v) is 21.6. The Hall–Kier alpha value is -3.86. The zero-order chi connectivity index (χ0) is 25.5. The van der Waals surface area contributed by atoms with Crippen LogP contribution in [0, 0.1) is 18.3 Å². The number of nitrogens with one attached hydrogen (secondary N) is 2. The fourth-order valence-corrected chi connectivity index (χ4v) is 5.68. The SMILES string of the molecule is CCC(Sc1cccc(NC(=O)c2ccccc2C)c1)C(=O)Nc1scc(-c2ccccc2)c1C#N. The molecular weight excluding hydrogens is 486 g/mol. The Morgan fingerprint density at radius 2 is 1.75 bits per heavy atom. The third kappa shape index (κ3) is 5.85. The van der Waals surface area contributed by atoms with Gasteiger partial charge in [0.05, 0.1) is 10.8 Å². The second kappa shape index (κ2) is 11.7. The van der Waals surface area contributed by atoms with Crippen molar-refractivity contribution >= 4 is 45.6 Å². The molecule has 0 aliphatic heterocycles. The fraction of sp³-hybridized carbons (Fsp3) is 0.138. The third-order valence-electron chi connectivity index (χ3n) is 5.65. The minimum Gasteiger partial charge on any atom is -0.322 e. The first kappa shape index (κ1) is 25.2. The normalized spacial score (nSPS) is 11.4. The molecule has 0 aliphatic carbocycles. The van der Waals surface area contributed by atoms with Crippen LogP contribution in [0.1, 0.15) is 34.8 Å². The lowest BCUT2D eigenvalue weighted by Gasteiger charge is -2.15. The molecule has 1 aromatic heterocycles. The second-order valence-corrected chi connectivity index (χ2v) is 10.3.